The number of hydrogen-bond acceptors (Lipinski definition) is 7. The average molecular weight is 400 g/mol. The summed E-state index contributed by atoms with van der Waals surface area (Å²) in [6.45, 7) is 2.36. The van der Waals surface area contributed by atoms with Gasteiger partial charge in [-0.3, -0.25) is 4.79 Å². The number of methoxy groups -OCH3 is 1. The maximum Gasteiger partial charge on any atom is 0.343 e. The van der Waals surface area contributed by atoms with E-state index in [0.717, 1.165) is 16.8 Å². The molecule has 0 aliphatic heterocycles. The van der Waals surface area contributed by atoms with E-state index in [1.54, 1.807) is 24.3 Å². The van der Waals surface area contributed by atoms with E-state index >= 15 is 0 Å². The molecule has 0 spiro atoms. The predicted molar refractivity (Wildman–Crippen MR) is 106 cm³/mol. The number of benzene rings is 2. The molecule has 7 nitrogen and oxygen atoms in total. The molecule has 0 saturated carbocycles. The summed E-state index contributed by atoms with van der Waals surface area (Å²) in [5.74, 6) is 1.04. The molecule has 28 heavy (non-hydrogen) atoms. The van der Waals surface area contributed by atoms with Crippen LogP contribution < -0.4 is 9.47 Å². The largest absolute Gasteiger partial charge is 0.494 e. The minimum absolute atomic E-state index is 0.0278. The summed E-state index contributed by atoms with van der Waals surface area (Å²) in [6.07, 6.45) is 0. The molecule has 0 fully saturated rings. The summed E-state index contributed by atoms with van der Waals surface area (Å²) < 4.78 is 15.3. The van der Waals surface area contributed by atoms with E-state index in [2.05, 4.69) is 14.7 Å². The highest BCUT2D eigenvalue weighted by atomic mass is 32.2. The van der Waals surface area contributed by atoms with E-state index < -0.39 is 5.97 Å². The third-order valence-corrected chi connectivity index (χ3v) is 4.72. The molecular formula is C20H20N2O5S. The van der Waals surface area contributed by atoms with Gasteiger partial charge in [-0.05, 0) is 43.3 Å². The van der Waals surface area contributed by atoms with Crippen LogP contribution in [0.3, 0.4) is 0 Å². The standard InChI is InChI=1S/C20H20N2O5S/c1-3-26-15-8-9-16-17(10-15)22-20(21-16)28-12-18(23)13-4-6-14(7-5-13)27-11-19(24)25-2/h4-10H,3,11-12H2,1-2H3,(H,21,22). The van der Waals surface area contributed by atoms with Gasteiger partial charge in [-0.2, -0.15) is 0 Å². The number of aromatic nitrogens is 2. The van der Waals surface area contributed by atoms with Crippen molar-refractivity contribution < 1.29 is 23.8 Å². The molecular weight excluding hydrogens is 380 g/mol. The molecule has 146 valence electrons. The number of aromatic amines is 1. The van der Waals surface area contributed by atoms with Crippen LogP contribution in [0.2, 0.25) is 0 Å². The van der Waals surface area contributed by atoms with E-state index in [9.17, 15) is 9.59 Å². The van der Waals surface area contributed by atoms with Gasteiger partial charge in [-0.25, -0.2) is 9.78 Å². The Bertz CT molecular complexity index is 968. The van der Waals surface area contributed by atoms with Crippen LogP contribution in [0.1, 0.15) is 17.3 Å². The first-order valence-electron chi connectivity index (χ1n) is 8.67. The van der Waals surface area contributed by atoms with Crippen LogP contribution in [0, 0.1) is 0 Å². The van der Waals surface area contributed by atoms with E-state index in [1.807, 2.05) is 25.1 Å². The van der Waals surface area contributed by atoms with Crippen molar-refractivity contribution in [3.8, 4) is 11.5 Å². The Morgan fingerprint density at radius 2 is 1.82 bits per heavy atom. The second kappa shape index (κ2) is 9.27. The number of fused-ring (bicyclic) bond motifs is 1. The van der Waals surface area contributed by atoms with Crippen LogP contribution in [0.25, 0.3) is 11.0 Å². The summed E-state index contributed by atoms with van der Waals surface area (Å²) in [5, 5.41) is 0.676. The van der Waals surface area contributed by atoms with Crippen molar-refractivity contribution in [3.05, 3.63) is 48.0 Å². The number of nitrogens with zero attached hydrogens (tertiary/aromatic N) is 1. The Morgan fingerprint density at radius 1 is 1.07 bits per heavy atom. The molecule has 3 rings (SSSR count). The van der Waals surface area contributed by atoms with Crippen molar-refractivity contribution in [1.29, 1.82) is 0 Å². The molecule has 0 aliphatic carbocycles. The number of carbonyl (C=O) groups is 2. The summed E-state index contributed by atoms with van der Waals surface area (Å²) in [4.78, 5) is 31.2. The van der Waals surface area contributed by atoms with Crippen molar-refractivity contribution in [2.24, 2.45) is 0 Å². The Morgan fingerprint density at radius 3 is 2.54 bits per heavy atom. The van der Waals surface area contributed by atoms with Crippen LogP contribution in [0.4, 0.5) is 0 Å². The molecule has 0 unspecified atom stereocenters. The number of Topliss-reactive ketones (excluding diaryl/α,β-unsaturated/α-hetero) is 1. The molecule has 0 radical (unpaired) electrons. The lowest BCUT2D eigenvalue weighted by atomic mass is 10.1. The van der Waals surface area contributed by atoms with Gasteiger partial charge >= 0.3 is 5.97 Å². The van der Waals surface area contributed by atoms with Gasteiger partial charge < -0.3 is 19.2 Å². The first kappa shape index (κ1) is 19.8. The predicted octanol–water partition coefficient (Wildman–Crippen LogP) is 3.49. The SMILES string of the molecule is CCOc1ccc2nc(SCC(=O)c3ccc(OCC(=O)OC)cc3)[nH]c2c1. The van der Waals surface area contributed by atoms with Gasteiger partial charge in [-0.15, -0.1) is 0 Å². The van der Waals surface area contributed by atoms with Crippen LogP contribution in [-0.4, -0.2) is 47.8 Å². The highest BCUT2D eigenvalue weighted by Gasteiger charge is 2.11. The van der Waals surface area contributed by atoms with Gasteiger partial charge in [0.05, 0.1) is 30.5 Å². The monoisotopic (exact) mass is 400 g/mol. The van der Waals surface area contributed by atoms with Crippen LogP contribution in [0.5, 0.6) is 11.5 Å². The maximum absolute atomic E-state index is 12.4. The molecule has 8 heteroatoms. The quantitative estimate of drug-likeness (QED) is 0.334. The topological polar surface area (TPSA) is 90.5 Å². The Labute approximate surface area is 166 Å². The van der Waals surface area contributed by atoms with Gasteiger partial charge in [0.2, 0.25) is 0 Å². The van der Waals surface area contributed by atoms with E-state index in [0.29, 0.717) is 23.1 Å². The second-order valence-corrected chi connectivity index (χ2v) is 6.72. The second-order valence-electron chi connectivity index (χ2n) is 5.75. The number of ether oxygens (including phenoxy) is 3. The number of esters is 1. The molecule has 1 N–H and O–H groups in total. The summed E-state index contributed by atoms with van der Waals surface area (Å²) in [7, 11) is 1.30. The lowest BCUT2D eigenvalue weighted by Crippen LogP contribution is -2.12. The van der Waals surface area contributed by atoms with Crippen molar-refractivity contribution >= 4 is 34.5 Å². The van der Waals surface area contributed by atoms with E-state index in [-0.39, 0.29) is 18.1 Å². The summed E-state index contributed by atoms with van der Waals surface area (Å²) >= 11 is 1.34. The molecule has 0 saturated heterocycles. The fraction of sp³-hybridized carbons (Fsp3) is 0.250. The van der Waals surface area contributed by atoms with Crippen molar-refractivity contribution in [2.75, 3.05) is 26.1 Å². The van der Waals surface area contributed by atoms with Crippen LogP contribution >= 0.6 is 11.8 Å². The van der Waals surface area contributed by atoms with Crippen LogP contribution in [-0.2, 0) is 9.53 Å². The number of hydrogen-bond donors (Lipinski definition) is 1. The van der Waals surface area contributed by atoms with Crippen molar-refractivity contribution in [3.63, 3.8) is 0 Å². The van der Waals surface area contributed by atoms with Gasteiger partial charge in [0.15, 0.2) is 17.5 Å². The maximum atomic E-state index is 12.4. The number of rotatable bonds is 9. The highest BCUT2D eigenvalue weighted by molar-refractivity contribution is 7.99. The zero-order valence-corrected chi connectivity index (χ0v) is 16.4. The number of carbonyl (C=O) groups excluding carboxylic acids is 2. The van der Waals surface area contributed by atoms with Crippen molar-refractivity contribution in [2.45, 2.75) is 12.1 Å². The average Bonchev–Trinajstić information content (AvgIpc) is 3.13. The van der Waals surface area contributed by atoms with Crippen LogP contribution in [0.15, 0.2) is 47.6 Å². The fourth-order valence-corrected chi connectivity index (χ4v) is 3.23. The Balaban J connectivity index is 1.57. The molecule has 1 heterocycles. The van der Waals surface area contributed by atoms with Gasteiger partial charge in [0.25, 0.3) is 0 Å². The molecule has 0 aliphatic rings. The van der Waals surface area contributed by atoms with Gasteiger partial charge in [0, 0.05) is 11.6 Å². The normalized spacial score (nSPS) is 10.6. The lowest BCUT2D eigenvalue weighted by Gasteiger charge is -2.05. The molecule has 3 aromatic rings. The van der Waals surface area contributed by atoms with E-state index in [4.69, 9.17) is 9.47 Å². The number of imidazole rings is 1. The molecule has 0 atom stereocenters. The van der Waals surface area contributed by atoms with Gasteiger partial charge in [-0.1, -0.05) is 11.8 Å². The fourth-order valence-electron chi connectivity index (χ4n) is 2.45. The molecule has 1 aromatic heterocycles. The third-order valence-electron chi connectivity index (χ3n) is 3.84. The lowest BCUT2D eigenvalue weighted by molar-refractivity contribution is -0.142. The minimum atomic E-state index is -0.462. The summed E-state index contributed by atoms with van der Waals surface area (Å²) in [5.41, 5.74) is 2.26. The first-order chi connectivity index (χ1) is 13.6. The van der Waals surface area contributed by atoms with E-state index in [1.165, 1.54) is 18.9 Å². The zero-order valence-electron chi connectivity index (χ0n) is 15.6. The number of thioether (sulfide) groups is 1. The number of H-pyrrole nitrogens is 1. The molecule has 0 bridgehead atoms. The minimum Gasteiger partial charge on any atom is -0.494 e. The Hall–Kier alpha value is -3.00. The number of nitrogens with one attached hydrogen (secondary N) is 1. The zero-order chi connectivity index (χ0) is 19.9. The Kier molecular flexibility index (Phi) is 6.54. The first-order valence-corrected chi connectivity index (χ1v) is 9.66. The summed E-state index contributed by atoms with van der Waals surface area (Å²) in [6, 6.07) is 12.3. The highest BCUT2D eigenvalue weighted by Crippen LogP contribution is 2.24. The molecule has 0 amide bonds. The third kappa shape index (κ3) is 5.04. The molecule has 2 aromatic carbocycles. The van der Waals surface area contributed by atoms with Gasteiger partial charge in [0.1, 0.15) is 11.5 Å². The van der Waals surface area contributed by atoms with Crippen molar-refractivity contribution in [1.82, 2.24) is 9.97 Å². The smallest absolute Gasteiger partial charge is 0.343 e. The number of ketones is 1.